The lowest BCUT2D eigenvalue weighted by Crippen LogP contribution is -2.43. The van der Waals surface area contributed by atoms with Crippen molar-refractivity contribution in [3.8, 4) is 0 Å². The topological polar surface area (TPSA) is 93.1 Å². The molecule has 0 aliphatic heterocycles. The van der Waals surface area contributed by atoms with E-state index < -0.39 is 17.6 Å². The smallest absolute Gasteiger partial charge is 0.273 e. The van der Waals surface area contributed by atoms with Crippen LogP contribution in [-0.2, 0) is 11.2 Å². The highest BCUT2D eigenvalue weighted by Crippen LogP contribution is 2.19. The number of carbonyl (C=O) groups excluding carboxylic acids is 2. The van der Waals surface area contributed by atoms with Gasteiger partial charge in [-0.25, -0.2) is 9.07 Å². The zero-order valence-electron chi connectivity index (χ0n) is 15.7. The van der Waals surface area contributed by atoms with Gasteiger partial charge in [0.05, 0.1) is 17.8 Å². The Morgan fingerprint density at radius 1 is 1.10 bits per heavy atom. The minimum atomic E-state index is -0.705. The lowest BCUT2D eigenvalue weighted by molar-refractivity contribution is -0.121. The number of hydrogen-bond acceptors (Lipinski definition) is 4. The number of amides is 2. The second-order valence-electron chi connectivity index (χ2n) is 6.62. The lowest BCUT2D eigenvalue weighted by Gasteiger charge is -2.14. The maximum Gasteiger partial charge on any atom is 0.290 e. The zero-order chi connectivity index (χ0) is 21.1. The molecule has 2 N–H and O–H groups in total. The molecule has 0 spiro atoms. The van der Waals surface area contributed by atoms with Gasteiger partial charge in [0.1, 0.15) is 5.82 Å². The van der Waals surface area contributed by atoms with E-state index in [1.807, 2.05) is 0 Å². The molecule has 29 heavy (non-hydrogen) atoms. The monoisotopic (exact) mass is 416 g/mol. The summed E-state index contributed by atoms with van der Waals surface area (Å²) in [4.78, 5) is 37.3. The van der Waals surface area contributed by atoms with Crippen molar-refractivity contribution in [3.63, 3.8) is 0 Å². The quantitative estimate of drug-likeness (QED) is 0.639. The van der Waals surface area contributed by atoms with Gasteiger partial charge in [-0.3, -0.25) is 25.2 Å². The van der Waals surface area contributed by atoms with Crippen LogP contribution in [0.1, 0.15) is 35.9 Å². The average molecular weight is 417 g/mol. The van der Waals surface area contributed by atoms with Crippen LogP contribution >= 0.6 is 11.6 Å². The van der Waals surface area contributed by atoms with Crippen molar-refractivity contribution >= 4 is 34.2 Å². The molecule has 0 unspecified atom stereocenters. The van der Waals surface area contributed by atoms with Crippen LogP contribution in [0.5, 0.6) is 0 Å². The summed E-state index contributed by atoms with van der Waals surface area (Å²) in [5.41, 5.74) is 4.17. The second kappa shape index (κ2) is 8.40. The summed E-state index contributed by atoms with van der Waals surface area (Å²) in [5, 5.41) is 4.96. The highest BCUT2D eigenvalue weighted by molar-refractivity contribution is 6.31. The van der Waals surface area contributed by atoms with Crippen LogP contribution in [0.2, 0.25) is 5.02 Å². The number of aromatic nitrogens is 2. The van der Waals surface area contributed by atoms with Crippen LogP contribution in [-0.4, -0.2) is 21.6 Å². The number of carbonyl (C=O) groups is 2. The van der Waals surface area contributed by atoms with E-state index in [0.29, 0.717) is 10.8 Å². The van der Waals surface area contributed by atoms with Crippen molar-refractivity contribution in [2.24, 2.45) is 0 Å². The van der Waals surface area contributed by atoms with Crippen molar-refractivity contribution < 1.29 is 14.0 Å². The SMILES string of the molecule is CC(C)n1nc(C(=O)NNC(=O)Cc2c(F)cccc2Cl)c2ccccc2c1=O. The second-order valence-corrected chi connectivity index (χ2v) is 7.02. The fraction of sp³-hybridized carbons (Fsp3) is 0.200. The molecule has 3 rings (SSSR count). The van der Waals surface area contributed by atoms with Gasteiger partial charge in [0.25, 0.3) is 11.5 Å². The third-order valence-corrected chi connectivity index (χ3v) is 4.60. The Morgan fingerprint density at radius 2 is 1.79 bits per heavy atom. The van der Waals surface area contributed by atoms with Gasteiger partial charge in [-0.15, -0.1) is 0 Å². The zero-order valence-corrected chi connectivity index (χ0v) is 16.5. The number of fused-ring (bicyclic) bond motifs is 1. The molecule has 3 aromatic rings. The van der Waals surface area contributed by atoms with E-state index in [9.17, 15) is 18.8 Å². The number of nitrogens with zero attached hydrogens (tertiary/aromatic N) is 2. The molecular formula is C20H18ClFN4O3. The van der Waals surface area contributed by atoms with Crippen LogP contribution in [0.3, 0.4) is 0 Å². The maximum absolute atomic E-state index is 13.8. The Kier molecular flexibility index (Phi) is 5.93. The van der Waals surface area contributed by atoms with Crippen LogP contribution in [0.4, 0.5) is 4.39 Å². The van der Waals surface area contributed by atoms with Gasteiger partial charge in [0.15, 0.2) is 5.69 Å². The van der Waals surface area contributed by atoms with Gasteiger partial charge in [-0.05, 0) is 32.0 Å². The van der Waals surface area contributed by atoms with E-state index in [4.69, 9.17) is 11.6 Å². The number of hydrazine groups is 1. The molecule has 9 heteroatoms. The predicted octanol–water partition coefficient (Wildman–Crippen LogP) is 2.77. The summed E-state index contributed by atoms with van der Waals surface area (Å²) < 4.78 is 15.0. The summed E-state index contributed by atoms with van der Waals surface area (Å²) in [7, 11) is 0. The molecule has 0 fully saturated rings. The molecule has 0 saturated heterocycles. The molecule has 0 aliphatic rings. The van der Waals surface area contributed by atoms with E-state index in [-0.39, 0.29) is 34.3 Å². The first-order valence-electron chi connectivity index (χ1n) is 8.83. The van der Waals surface area contributed by atoms with Crippen molar-refractivity contribution in [2.75, 3.05) is 0 Å². The summed E-state index contributed by atoms with van der Waals surface area (Å²) in [6, 6.07) is 10.4. The first-order valence-corrected chi connectivity index (χ1v) is 9.21. The van der Waals surface area contributed by atoms with E-state index >= 15 is 0 Å². The minimum absolute atomic E-state index is 0.0156. The summed E-state index contributed by atoms with van der Waals surface area (Å²) in [5.74, 6) is -1.98. The number of nitrogens with one attached hydrogen (secondary N) is 2. The fourth-order valence-electron chi connectivity index (χ4n) is 2.82. The summed E-state index contributed by atoms with van der Waals surface area (Å²) in [6.07, 6.45) is -0.356. The normalized spacial score (nSPS) is 10.9. The fourth-order valence-corrected chi connectivity index (χ4v) is 3.05. The molecule has 2 amide bonds. The van der Waals surface area contributed by atoms with E-state index in [0.717, 1.165) is 0 Å². The molecule has 0 atom stereocenters. The Morgan fingerprint density at radius 3 is 2.45 bits per heavy atom. The molecule has 2 aromatic carbocycles. The molecule has 1 aromatic heterocycles. The van der Waals surface area contributed by atoms with Crippen LogP contribution < -0.4 is 16.4 Å². The molecule has 7 nitrogen and oxygen atoms in total. The summed E-state index contributed by atoms with van der Waals surface area (Å²) in [6.45, 7) is 3.54. The Labute approximate surface area is 170 Å². The predicted molar refractivity (Wildman–Crippen MR) is 107 cm³/mol. The van der Waals surface area contributed by atoms with Crippen LogP contribution in [0.15, 0.2) is 47.3 Å². The molecule has 0 aliphatic carbocycles. The van der Waals surface area contributed by atoms with E-state index in [1.165, 1.54) is 22.9 Å². The van der Waals surface area contributed by atoms with Crippen LogP contribution in [0.25, 0.3) is 10.8 Å². The van der Waals surface area contributed by atoms with Crippen LogP contribution in [0, 0.1) is 5.82 Å². The highest BCUT2D eigenvalue weighted by atomic mass is 35.5. The molecule has 0 bridgehead atoms. The number of benzene rings is 2. The Bertz CT molecular complexity index is 1140. The van der Waals surface area contributed by atoms with Crippen molar-refractivity contribution in [3.05, 3.63) is 74.9 Å². The van der Waals surface area contributed by atoms with Crippen molar-refractivity contribution in [1.29, 1.82) is 0 Å². The number of halogens is 2. The van der Waals surface area contributed by atoms with Gasteiger partial charge in [0.2, 0.25) is 5.91 Å². The van der Waals surface area contributed by atoms with Gasteiger partial charge >= 0.3 is 0 Å². The molecule has 1 heterocycles. The largest absolute Gasteiger partial charge is 0.290 e. The molecule has 150 valence electrons. The van der Waals surface area contributed by atoms with E-state index in [2.05, 4.69) is 16.0 Å². The average Bonchev–Trinajstić information content (AvgIpc) is 2.69. The standard InChI is InChI=1S/C20H18ClFN4O3/c1-11(2)26-20(29)13-7-4-3-6-12(13)18(25-26)19(28)24-23-17(27)10-14-15(21)8-5-9-16(14)22/h3-9,11H,10H2,1-2H3,(H,23,27)(H,24,28). The van der Waals surface area contributed by atoms with Gasteiger partial charge in [-0.2, -0.15) is 5.10 Å². The van der Waals surface area contributed by atoms with Crippen molar-refractivity contribution in [2.45, 2.75) is 26.3 Å². The van der Waals surface area contributed by atoms with Gasteiger partial charge in [-0.1, -0.05) is 35.9 Å². The maximum atomic E-state index is 13.8. The molecule has 0 saturated carbocycles. The third kappa shape index (κ3) is 4.27. The highest BCUT2D eigenvalue weighted by Gasteiger charge is 2.19. The Balaban J connectivity index is 1.82. The number of hydrogen-bond donors (Lipinski definition) is 2. The van der Waals surface area contributed by atoms with Crippen molar-refractivity contribution in [1.82, 2.24) is 20.6 Å². The first kappa shape index (κ1) is 20.5. The molecule has 0 radical (unpaired) electrons. The van der Waals surface area contributed by atoms with E-state index in [1.54, 1.807) is 38.1 Å². The summed E-state index contributed by atoms with van der Waals surface area (Å²) >= 11 is 5.91. The van der Waals surface area contributed by atoms with Gasteiger partial charge in [0, 0.05) is 16.0 Å². The van der Waals surface area contributed by atoms with Gasteiger partial charge < -0.3 is 0 Å². The third-order valence-electron chi connectivity index (χ3n) is 4.25. The Hall–Kier alpha value is -3.26. The lowest BCUT2D eigenvalue weighted by atomic mass is 10.1. The number of rotatable bonds is 4. The minimum Gasteiger partial charge on any atom is -0.273 e. The first-order chi connectivity index (χ1) is 13.8. The molecular weight excluding hydrogens is 399 g/mol.